The zero-order chi connectivity index (χ0) is 20.4. The van der Waals surface area contributed by atoms with Gasteiger partial charge in [0.25, 0.3) is 0 Å². The predicted octanol–water partition coefficient (Wildman–Crippen LogP) is 3.72. The molecule has 7 nitrogen and oxygen atoms in total. The summed E-state index contributed by atoms with van der Waals surface area (Å²) in [5.41, 5.74) is 3.20. The molecule has 1 aliphatic rings. The molecule has 0 fully saturated rings. The third-order valence-corrected chi connectivity index (χ3v) is 5.10. The Balaban J connectivity index is 1.94. The summed E-state index contributed by atoms with van der Waals surface area (Å²) in [5.74, 6) is 1.23. The molecule has 0 aliphatic carbocycles. The number of hydrogen-bond acceptors (Lipinski definition) is 6. The second-order valence-corrected chi connectivity index (χ2v) is 7.08. The normalized spacial score (nSPS) is 15.1. The SMILES string of the molecule is CCc1nnc2n1-c1ccc(Cl)cc1C(c1ccccn1)=N[C@H]2CCC(=O)OC. The number of methoxy groups -OCH3 is 1. The first-order valence-corrected chi connectivity index (χ1v) is 9.80. The molecule has 0 unspecified atom stereocenters. The van der Waals surface area contributed by atoms with Crippen LogP contribution in [0.4, 0.5) is 0 Å². The molecule has 0 saturated carbocycles. The summed E-state index contributed by atoms with van der Waals surface area (Å²) in [6, 6.07) is 11.0. The lowest BCUT2D eigenvalue weighted by Gasteiger charge is -2.13. The van der Waals surface area contributed by atoms with Gasteiger partial charge in [-0.25, -0.2) is 0 Å². The van der Waals surface area contributed by atoms with Crippen LogP contribution in [0, 0.1) is 0 Å². The Bertz CT molecular complexity index is 1080. The van der Waals surface area contributed by atoms with Gasteiger partial charge in [-0.1, -0.05) is 24.6 Å². The topological polar surface area (TPSA) is 82.3 Å². The molecule has 4 rings (SSSR count). The predicted molar refractivity (Wildman–Crippen MR) is 110 cm³/mol. The van der Waals surface area contributed by atoms with E-state index in [1.54, 1.807) is 6.20 Å². The number of fused-ring (bicyclic) bond motifs is 3. The van der Waals surface area contributed by atoms with Gasteiger partial charge in [-0.3, -0.25) is 19.3 Å². The molecule has 1 aromatic carbocycles. The number of nitrogens with zero attached hydrogens (tertiary/aromatic N) is 5. The van der Waals surface area contributed by atoms with Gasteiger partial charge in [0.1, 0.15) is 11.9 Å². The maximum absolute atomic E-state index is 11.8. The van der Waals surface area contributed by atoms with Crippen molar-refractivity contribution in [3.63, 3.8) is 0 Å². The van der Waals surface area contributed by atoms with E-state index < -0.39 is 0 Å². The molecule has 8 heteroatoms. The van der Waals surface area contributed by atoms with Crippen LogP contribution in [0.3, 0.4) is 0 Å². The van der Waals surface area contributed by atoms with Crippen molar-refractivity contribution >= 4 is 23.3 Å². The van der Waals surface area contributed by atoms with Crippen molar-refractivity contribution in [2.75, 3.05) is 7.11 Å². The van der Waals surface area contributed by atoms with Gasteiger partial charge in [0.2, 0.25) is 0 Å². The Morgan fingerprint density at radius 3 is 2.83 bits per heavy atom. The molecule has 1 atom stereocenters. The Morgan fingerprint density at radius 2 is 2.10 bits per heavy atom. The summed E-state index contributed by atoms with van der Waals surface area (Å²) in [6.07, 6.45) is 3.11. The molecule has 1 aliphatic heterocycles. The molecule has 0 bridgehead atoms. The van der Waals surface area contributed by atoms with E-state index in [4.69, 9.17) is 21.3 Å². The van der Waals surface area contributed by atoms with Crippen molar-refractivity contribution in [2.24, 2.45) is 4.99 Å². The highest BCUT2D eigenvalue weighted by molar-refractivity contribution is 6.31. The largest absolute Gasteiger partial charge is 0.469 e. The van der Waals surface area contributed by atoms with E-state index in [1.807, 2.05) is 47.9 Å². The number of hydrogen-bond donors (Lipinski definition) is 0. The van der Waals surface area contributed by atoms with Crippen molar-refractivity contribution < 1.29 is 9.53 Å². The Labute approximate surface area is 173 Å². The molecule has 3 aromatic rings. The summed E-state index contributed by atoms with van der Waals surface area (Å²) in [5, 5.41) is 9.38. The van der Waals surface area contributed by atoms with Gasteiger partial charge in [-0.2, -0.15) is 0 Å². The van der Waals surface area contributed by atoms with E-state index in [0.717, 1.165) is 22.8 Å². The summed E-state index contributed by atoms with van der Waals surface area (Å²) in [4.78, 5) is 21.3. The molecule has 0 saturated heterocycles. The number of ether oxygens (including phenoxy) is 1. The average Bonchev–Trinajstić information content (AvgIpc) is 3.12. The number of benzene rings is 1. The van der Waals surface area contributed by atoms with Crippen molar-refractivity contribution in [1.29, 1.82) is 0 Å². The minimum Gasteiger partial charge on any atom is -0.469 e. The Hall–Kier alpha value is -3.06. The van der Waals surface area contributed by atoms with E-state index in [-0.39, 0.29) is 18.4 Å². The van der Waals surface area contributed by atoms with Crippen LogP contribution in [-0.4, -0.2) is 38.5 Å². The van der Waals surface area contributed by atoms with Crippen LogP contribution in [0.15, 0.2) is 47.6 Å². The first kappa shape index (κ1) is 19.3. The molecule has 0 amide bonds. The smallest absolute Gasteiger partial charge is 0.305 e. The van der Waals surface area contributed by atoms with Crippen molar-refractivity contribution in [2.45, 2.75) is 32.2 Å². The number of aryl methyl sites for hydroxylation is 1. The molecule has 0 N–H and O–H groups in total. The van der Waals surface area contributed by atoms with Gasteiger partial charge in [0, 0.05) is 29.6 Å². The lowest BCUT2D eigenvalue weighted by Crippen LogP contribution is -2.10. The van der Waals surface area contributed by atoms with Gasteiger partial charge in [-0.15, -0.1) is 10.2 Å². The number of halogens is 1. The number of rotatable bonds is 5. The van der Waals surface area contributed by atoms with Gasteiger partial charge in [-0.05, 0) is 36.8 Å². The summed E-state index contributed by atoms with van der Waals surface area (Å²) >= 11 is 6.34. The average molecular weight is 410 g/mol. The van der Waals surface area contributed by atoms with Gasteiger partial charge < -0.3 is 4.74 Å². The molecular formula is C21H20ClN5O2. The molecular weight excluding hydrogens is 390 g/mol. The zero-order valence-corrected chi connectivity index (χ0v) is 16.9. The maximum Gasteiger partial charge on any atom is 0.305 e. The standard InChI is InChI=1S/C21H20ClN5O2/c1-3-18-25-26-21-16(8-10-19(28)29-2)24-20(15-6-4-5-11-23-15)14-12-13(22)7-9-17(14)27(18)21/h4-7,9,11-12,16H,3,8,10H2,1-2H3/t16-/m0/s1. The third kappa shape index (κ3) is 3.65. The maximum atomic E-state index is 11.8. The number of carbonyl (C=O) groups excluding carboxylic acids is 1. The van der Waals surface area contributed by atoms with E-state index in [0.29, 0.717) is 29.4 Å². The van der Waals surface area contributed by atoms with Crippen LogP contribution in [0.2, 0.25) is 5.02 Å². The van der Waals surface area contributed by atoms with Crippen molar-refractivity contribution in [3.8, 4) is 5.69 Å². The number of carbonyl (C=O) groups is 1. The number of aromatic nitrogens is 4. The molecule has 0 radical (unpaired) electrons. The first-order chi connectivity index (χ1) is 14.1. The van der Waals surface area contributed by atoms with Crippen LogP contribution >= 0.6 is 11.6 Å². The molecule has 0 spiro atoms. The number of aliphatic imine (C=N–C) groups is 1. The third-order valence-electron chi connectivity index (χ3n) is 4.87. The van der Waals surface area contributed by atoms with E-state index in [9.17, 15) is 4.79 Å². The number of pyridine rings is 1. The van der Waals surface area contributed by atoms with Crippen LogP contribution in [0.5, 0.6) is 0 Å². The lowest BCUT2D eigenvalue weighted by atomic mass is 10.0. The zero-order valence-electron chi connectivity index (χ0n) is 16.2. The minimum absolute atomic E-state index is 0.228. The quantitative estimate of drug-likeness (QED) is 0.600. The van der Waals surface area contributed by atoms with Gasteiger partial charge in [0.15, 0.2) is 5.82 Å². The van der Waals surface area contributed by atoms with Crippen molar-refractivity contribution in [1.82, 2.24) is 19.7 Å². The molecule has 3 heterocycles. The fourth-order valence-corrected chi connectivity index (χ4v) is 3.64. The molecule has 148 valence electrons. The highest BCUT2D eigenvalue weighted by Crippen LogP contribution is 2.34. The monoisotopic (exact) mass is 409 g/mol. The second kappa shape index (κ2) is 8.13. The minimum atomic E-state index is -0.370. The van der Waals surface area contributed by atoms with Crippen LogP contribution in [-0.2, 0) is 16.0 Å². The Morgan fingerprint density at radius 1 is 1.24 bits per heavy atom. The molecule has 29 heavy (non-hydrogen) atoms. The summed E-state index contributed by atoms with van der Waals surface area (Å²) in [6.45, 7) is 2.03. The van der Waals surface area contributed by atoms with E-state index >= 15 is 0 Å². The van der Waals surface area contributed by atoms with Crippen molar-refractivity contribution in [3.05, 3.63) is 70.5 Å². The number of esters is 1. The van der Waals surface area contributed by atoms with E-state index in [2.05, 4.69) is 15.2 Å². The first-order valence-electron chi connectivity index (χ1n) is 9.42. The lowest BCUT2D eigenvalue weighted by molar-refractivity contribution is -0.140. The van der Waals surface area contributed by atoms with Crippen LogP contribution < -0.4 is 0 Å². The van der Waals surface area contributed by atoms with Crippen LogP contribution in [0.25, 0.3) is 5.69 Å². The van der Waals surface area contributed by atoms with Gasteiger partial charge in [0.05, 0.1) is 24.2 Å². The Kier molecular flexibility index (Phi) is 5.40. The molecule has 2 aromatic heterocycles. The summed E-state index contributed by atoms with van der Waals surface area (Å²) < 4.78 is 6.84. The fourth-order valence-electron chi connectivity index (χ4n) is 3.47. The second-order valence-electron chi connectivity index (χ2n) is 6.65. The van der Waals surface area contributed by atoms with E-state index in [1.165, 1.54) is 7.11 Å². The fraction of sp³-hybridized carbons (Fsp3) is 0.286. The highest BCUT2D eigenvalue weighted by atomic mass is 35.5. The summed E-state index contributed by atoms with van der Waals surface area (Å²) in [7, 11) is 1.38. The van der Waals surface area contributed by atoms with Gasteiger partial charge >= 0.3 is 5.97 Å². The van der Waals surface area contributed by atoms with Crippen LogP contribution in [0.1, 0.15) is 48.7 Å². The highest BCUT2D eigenvalue weighted by Gasteiger charge is 2.29.